The van der Waals surface area contributed by atoms with Crippen molar-refractivity contribution in [2.75, 3.05) is 49.1 Å². The lowest BCUT2D eigenvalue weighted by atomic mass is 10.1. The Morgan fingerprint density at radius 1 is 0.964 bits per heavy atom. The number of nitrogens with zero attached hydrogens (tertiary/aromatic N) is 1. The molecule has 0 saturated carbocycles. The third-order valence-electron chi connectivity index (χ3n) is 4.48. The zero-order valence-corrected chi connectivity index (χ0v) is 17.2. The zero-order valence-electron chi connectivity index (χ0n) is 17.2. The molecule has 0 aliphatic heterocycles. The van der Waals surface area contributed by atoms with Crippen LogP contribution in [0.2, 0.25) is 0 Å². The summed E-state index contributed by atoms with van der Waals surface area (Å²) in [7, 11) is 10.1. The van der Waals surface area contributed by atoms with E-state index in [0.717, 1.165) is 11.3 Å². The maximum Gasteiger partial charge on any atom is 0.251 e. The molecule has 0 saturated heterocycles. The average molecular weight is 388 g/mol. The minimum absolute atomic E-state index is 0.0129. The number of rotatable bonds is 9. The Morgan fingerprint density at radius 2 is 1.61 bits per heavy atom. The number of nitrogens with one attached hydrogen (secondary N) is 1. The van der Waals surface area contributed by atoms with Crippen molar-refractivity contribution in [3.8, 4) is 23.0 Å². The monoisotopic (exact) mass is 388 g/mol. The fraction of sp³-hybridized carbons (Fsp3) is 0.381. The van der Waals surface area contributed by atoms with Gasteiger partial charge in [-0.05, 0) is 43.9 Å². The summed E-state index contributed by atoms with van der Waals surface area (Å²) in [5.74, 6) is 1.87. The molecule has 0 aliphatic rings. The van der Waals surface area contributed by atoms with Crippen molar-refractivity contribution >= 4 is 5.91 Å². The Morgan fingerprint density at radius 3 is 2.11 bits per heavy atom. The molecule has 2 rings (SSSR count). The van der Waals surface area contributed by atoms with E-state index < -0.39 is 0 Å². The SMILES string of the molecule is COc1cccc([C@@H](CNC(=O)c2cc(OC)c(OC)c(OC)c2)N(C)C)c1. The predicted octanol–water partition coefficient (Wildman–Crippen LogP) is 2.75. The van der Waals surface area contributed by atoms with Crippen LogP contribution < -0.4 is 24.3 Å². The van der Waals surface area contributed by atoms with Gasteiger partial charge in [0.05, 0.1) is 34.5 Å². The first-order valence-electron chi connectivity index (χ1n) is 8.83. The first kappa shape index (κ1) is 21.4. The standard InChI is InChI=1S/C21H28N2O5/c1-23(2)17(14-8-7-9-16(10-14)25-3)13-22-21(24)15-11-18(26-4)20(28-6)19(12-15)27-5/h7-12,17H,13H2,1-6H3,(H,22,24)/t17-/m1/s1. The summed E-state index contributed by atoms with van der Waals surface area (Å²) in [6.45, 7) is 0.426. The lowest BCUT2D eigenvalue weighted by molar-refractivity contribution is 0.0941. The Bertz CT molecular complexity index is 782. The molecule has 0 bridgehead atoms. The molecule has 1 atom stereocenters. The molecule has 152 valence electrons. The van der Waals surface area contributed by atoms with Crippen LogP contribution in [0.1, 0.15) is 22.0 Å². The molecule has 1 N–H and O–H groups in total. The summed E-state index contributed by atoms with van der Waals surface area (Å²) in [4.78, 5) is 14.8. The topological polar surface area (TPSA) is 69.3 Å². The minimum Gasteiger partial charge on any atom is -0.497 e. The van der Waals surface area contributed by atoms with Crippen molar-refractivity contribution in [1.82, 2.24) is 10.2 Å². The molecule has 2 aromatic rings. The number of amides is 1. The van der Waals surface area contributed by atoms with Gasteiger partial charge >= 0.3 is 0 Å². The summed E-state index contributed by atoms with van der Waals surface area (Å²) >= 11 is 0. The minimum atomic E-state index is -0.228. The summed E-state index contributed by atoms with van der Waals surface area (Å²) in [6, 6.07) is 11.1. The van der Waals surface area contributed by atoms with E-state index in [1.54, 1.807) is 19.2 Å². The zero-order chi connectivity index (χ0) is 20.7. The van der Waals surface area contributed by atoms with Gasteiger partial charge < -0.3 is 29.2 Å². The van der Waals surface area contributed by atoms with Crippen LogP contribution in [0, 0.1) is 0 Å². The van der Waals surface area contributed by atoms with Crippen molar-refractivity contribution in [2.24, 2.45) is 0 Å². The fourth-order valence-corrected chi connectivity index (χ4v) is 2.95. The van der Waals surface area contributed by atoms with Crippen LogP contribution in [-0.4, -0.2) is 59.9 Å². The van der Waals surface area contributed by atoms with Crippen LogP contribution >= 0.6 is 0 Å². The summed E-state index contributed by atoms with van der Waals surface area (Å²) in [6.07, 6.45) is 0. The second-order valence-electron chi connectivity index (χ2n) is 6.38. The third kappa shape index (κ3) is 4.86. The van der Waals surface area contributed by atoms with Crippen molar-refractivity contribution in [3.63, 3.8) is 0 Å². The maximum absolute atomic E-state index is 12.8. The Kier molecular flexibility index (Phi) is 7.52. The van der Waals surface area contributed by atoms with Gasteiger partial charge in [0.2, 0.25) is 5.75 Å². The van der Waals surface area contributed by atoms with E-state index in [1.807, 2.05) is 43.3 Å². The van der Waals surface area contributed by atoms with Crippen LogP contribution in [0.4, 0.5) is 0 Å². The second-order valence-corrected chi connectivity index (χ2v) is 6.38. The number of benzene rings is 2. The van der Waals surface area contributed by atoms with E-state index in [-0.39, 0.29) is 11.9 Å². The van der Waals surface area contributed by atoms with Gasteiger partial charge in [-0.25, -0.2) is 0 Å². The average Bonchev–Trinajstić information content (AvgIpc) is 2.72. The first-order valence-corrected chi connectivity index (χ1v) is 8.83. The van der Waals surface area contributed by atoms with Gasteiger partial charge in [0.25, 0.3) is 5.91 Å². The van der Waals surface area contributed by atoms with E-state index in [0.29, 0.717) is 29.4 Å². The highest BCUT2D eigenvalue weighted by Crippen LogP contribution is 2.38. The lowest BCUT2D eigenvalue weighted by Crippen LogP contribution is -2.34. The maximum atomic E-state index is 12.8. The van der Waals surface area contributed by atoms with Crippen LogP contribution in [-0.2, 0) is 0 Å². The second kappa shape index (κ2) is 9.85. The molecule has 0 fully saturated rings. The van der Waals surface area contributed by atoms with Crippen LogP contribution in [0.5, 0.6) is 23.0 Å². The Hall–Kier alpha value is -2.93. The molecule has 0 spiro atoms. The van der Waals surface area contributed by atoms with Crippen molar-refractivity contribution in [1.29, 1.82) is 0 Å². The molecule has 1 amide bonds. The number of carbonyl (C=O) groups excluding carboxylic acids is 1. The summed E-state index contributed by atoms with van der Waals surface area (Å²) < 4.78 is 21.3. The third-order valence-corrected chi connectivity index (χ3v) is 4.48. The van der Waals surface area contributed by atoms with Crippen LogP contribution in [0.15, 0.2) is 36.4 Å². The molecular formula is C21H28N2O5. The van der Waals surface area contributed by atoms with Gasteiger partial charge in [0.1, 0.15) is 5.75 Å². The van der Waals surface area contributed by atoms with Crippen molar-refractivity contribution in [2.45, 2.75) is 6.04 Å². The molecule has 7 nitrogen and oxygen atoms in total. The molecule has 0 heterocycles. The van der Waals surface area contributed by atoms with Crippen LogP contribution in [0.3, 0.4) is 0 Å². The van der Waals surface area contributed by atoms with Gasteiger partial charge in [0.15, 0.2) is 11.5 Å². The Balaban J connectivity index is 2.21. The van der Waals surface area contributed by atoms with E-state index in [4.69, 9.17) is 18.9 Å². The molecule has 2 aromatic carbocycles. The smallest absolute Gasteiger partial charge is 0.251 e. The molecule has 0 aliphatic carbocycles. The summed E-state index contributed by atoms with van der Waals surface area (Å²) in [5.41, 5.74) is 1.48. The highest BCUT2D eigenvalue weighted by molar-refractivity contribution is 5.95. The molecular weight excluding hydrogens is 360 g/mol. The number of hydrogen-bond acceptors (Lipinski definition) is 6. The van der Waals surface area contributed by atoms with E-state index in [9.17, 15) is 4.79 Å². The van der Waals surface area contributed by atoms with Crippen LogP contribution in [0.25, 0.3) is 0 Å². The molecule has 0 radical (unpaired) electrons. The lowest BCUT2D eigenvalue weighted by Gasteiger charge is -2.25. The fourth-order valence-electron chi connectivity index (χ4n) is 2.95. The van der Waals surface area contributed by atoms with Gasteiger partial charge in [-0.15, -0.1) is 0 Å². The Labute approximate surface area is 166 Å². The molecule has 28 heavy (non-hydrogen) atoms. The predicted molar refractivity (Wildman–Crippen MR) is 108 cm³/mol. The number of ether oxygens (including phenoxy) is 4. The highest BCUT2D eigenvalue weighted by Gasteiger charge is 2.19. The van der Waals surface area contributed by atoms with Crippen molar-refractivity contribution in [3.05, 3.63) is 47.5 Å². The van der Waals surface area contributed by atoms with Gasteiger partial charge in [0, 0.05) is 12.1 Å². The normalized spacial score (nSPS) is 11.7. The van der Waals surface area contributed by atoms with E-state index >= 15 is 0 Å². The molecule has 7 heteroatoms. The van der Waals surface area contributed by atoms with Gasteiger partial charge in [-0.2, -0.15) is 0 Å². The number of methoxy groups -OCH3 is 4. The van der Waals surface area contributed by atoms with Crippen molar-refractivity contribution < 1.29 is 23.7 Å². The van der Waals surface area contributed by atoms with E-state index in [2.05, 4.69) is 5.32 Å². The number of likely N-dealkylation sites (N-methyl/N-ethyl adjacent to an activating group) is 1. The first-order chi connectivity index (χ1) is 13.4. The quantitative estimate of drug-likeness (QED) is 0.712. The number of carbonyl (C=O) groups is 1. The molecule has 0 aromatic heterocycles. The summed E-state index contributed by atoms with van der Waals surface area (Å²) in [5, 5.41) is 2.98. The van der Waals surface area contributed by atoms with Gasteiger partial charge in [-0.3, -0.25) is 4.79 Å². The van der Waals surface area contributed by atoms with E-state index in [1.165, 1.54) is 21.3 Å². The largest absolute Gasteiger partial charge is 0.497 e. The highest BCUT2D eigenvalue weighted by atomic mass is 16.5. The molecule has 0 unspecified atom stereocenters. The number of hydrogen-bond donors (Lipinski definition) is 1. The van der Waals surface area contributed by atoms with Gasteiger partial charge in [-0.1, -0.05) is 12.1 Å².